The molecule has 0 bridgehead atoms. The molecule has 0 spiro atoms. The summed E-state index contributed by atoms with van der Waals surface area (Å²) in [6, 6.07) is 1.72. The first-order valence-electron chi connectivity index (χ1n) is 6.54. The third-order valence-corrected chi connectivity index (χ3v) is 4.93. The fraction of sp³-hybridized carbons (Fsp3) is 0.667. The monoisotopic (exact) mass is 286 g/mol. The molecule has 2 rings (SSSR count). The van der Waals surface area contributed by atoms with Gasteiger partial charge in [0.2, 0.25) is 10.0 Å². The lowest BCUT2D eigenvalue weighted by Gasteiger charge is -2.29. The fourth-order valence-corrected chi connectivity index (χ4v) is 3.60. The molecule has 0 amide bonds. The van der Waals surface area contributed by atoms with Gasteiger partial charge in [0.05, 0.1) is 4.90 Å². The normalized spacial score (nSPS) is 18.8. The van der Waals surface area contributed by atoms with Crippen molar-refractivity contribution in [1.29, 1.82) is 0 Å². The molecule has 1 aliphatic rings. The molecule has 0 radical (unpaired) electrons. The van der Waals surface area contributed by atoms with Gasteiger partial charge in [-0.25, -0.2) is 13.1 Å². The van der Waals surface area contributed by atoms with Crippen LogP contribution in [0.2, 0.25) is 0 Å². The summed E-state index contributed by atoms with van der Waals surface area (Å²) < 4.78 is 27.3. The Bertz CT molecular complexity index is 504. The molecule has 1 aliphatic heterocycles. The number of nitrogens with one attached hydrogen (secondary N) is 3. The molecule has 7 heteroatoms. The third-order valence-electron chi connectivity index (χ3n) is 3.43. The Hall–Kier alpha value is -0.890. The summed E-state index contributed by atoms with van der Waals surface area (Å²) in [5.74, 6) is 0. The molecular weight excluding hydrogens is 264 g/mol. The van der Waals surface area contributed by atoms with E-state index in [2.05, 4.69) is 27.0 Å². The number of rotatable bonds is 5. The average molecular weight is 286 g/mol. The van der Waals surface area contributed by atoms with E-state index in [4.69, 9.17) is 0 Å². The van der Waals surface area contributed by atoms with E-state index in [1.165, 1.54) is 0 Å². The highest BCUT2D eigenvalue weighted by Gasteiger charge is 2.24. The van der Waals surface area contributed by atoms with Gasteiger partial charge in [-0.2, -0.15) is 0 Å². The van der Waals surface area contributed by atoms with Crippen LogP contribution in [0.1, 0.15) is 18.5 Å². The smallest absolute Gasteiger partial charge is 0.242 e. The molecule has 0 aromatic carbocycles. The van der Waals surface area contributed by atoms with E-state index in [0.717, 1.165) is 31.6 Å². The van der Waals surface area contributed by atoms with Crippen LogP contribution in [0, 0.1) is 0 Å². The van der Waals surface area contributed by atoms with Crippen LogP contribution in [-0.2, 0) is 16.6 Å². The van der Waals surface area contributed by atoms with Crippen molar-refractivity contribution in [3.8, 4) is 0 Å². The zero-order chi connectivity index (χ0) is 13.9. The molecular formula is C12H22N4O2S. The largest absolute Gasteiger partial charge is 0.363 e. The van der Waals surface area contributed by atoms with Crippen molar-refractivity contribution in [3.05, 3.63) is 18.0 Å². The van der Waals surface area contributed by atoms with Crippen molar-refractivity contribution < 1.29 is 8.42 Å². The van der Waals surface area contributed by atoms with Gasteiger partial charge in [0, 0.05) is 24.5 Å². The number of sulfonamides is 1. The highest BCUT2D eigenvalue weighted by molar-refractivity contribution is 7.89. The second-order valence-electron chi connectivity index (χ2n) is 5.09. The standard InChI is InChI=1S/C12H22N4O2S/c1-13-8-11-7-12(9-14-11)19(17,18)15-10-3-5-16(2)6-4-10/h7,9-10,13-15H,3-6,8H2,1-2H3. The number of nitrogens with zero attached hydrogens (tertiary/aromatic N) is 1. The van der Waals surface area contributed by atoms with Gasteiger partial charge in [0.1, 0.15) is 0 Å². The Labute approximate surface area is 114 Å². The van der Waals surface area contributed by atoms with Gasteiger partial charge >= 0.3 is 0 Å². The second kappa shape index (κ2) is 6.04. The zero-order valence-corrected chi connectivity index (χ0v) is 12.3. The predicted octanol–water partition coefficient (Wildman–Crippen LogP) is 0.107. The number of likely N-dealkylation sites (tertiary alicyclic amines) is 1. The van der Waals surface area contributed by atoms with Crippen LogP contribution in [0.5, 0.6) is 0 Å². The summed E-state index contributed by atoms with van der Waals surface area (Å²) in [5, 5.41) is 2.98. The molecule has 1 aromatic heterocycles. The molecule has 108 valence electrons. The van der Waals surface area contributed by atoms with Crippen LogP contribution in [0.4, 0.5) is 0 Å². The molecule has 0 atom stereocenters. The van der Waals surface area contributed by atoms with E-state index < -0.39 is 10.0 Å². The Balaban J connectivity index is 2.01. The number of hydrogen-bond donors (Lipinski definition) is 3. The van der Waals surface area contributed by atoms with E-state index in [-0.39, 0.29) is 6.04 Å². The third kappa shape index (κ3) is 3.79. The van der Waals surface area contributed by atoms with Gasteiger partial charge in [-0.1, -0.05) is 0 Å². The van der Waals surface area contributed by atoms with E-state index in [9.17, 15) is 8.42 Å². The van der Waals surface area contributed by atoms with Crippen molar-refractivity contribution in [2.75, 3.05) is 27.2 Å². The Morgan fingerprint density at radius 2 is 2.11 bits per heavy atom. The molecule has 6 nitrogen and oxygen atoms in total. The van der Waals surface area contributed by atoms with Crippen LogP contribution in [0.15, 0.2) is 17.2 Å². The SMILES string of the molecule is CNCc1cc(S(=O)(=O)NC2CCN(C)CC2)c[nH]1. The van der Waals surface area contributed by atoms with Gasteiger partial charge in [-0.15, -0.1) is 0 Å². The van der Waals surface area contributed by atoms with Crippen LogP contribution in [-0.4, -0.2) is 51.5 Å². The van der Waals surface area contributed by atoms with E-state index in [1.807, 2.05) is 7.05 Å². The molecule has 0 saturated carbocycles. The highest BCUT2D eigenvalue weighted by Crippen LogP contribution is 2.15. The zero-order valence-electron chi connectivity index (χ0n) is 11.4. The van der Waals surface area contributed by atoms with E-state index >= 15 is 0 Å². The maximum atomic E-state index is 12.2. The van der Waals surface area contributed by atoms with Crippen LogP contribution in [0.3, 0.4) is 0 Å². The maximum absolute atomic E-state index is 12.2. The van der Waals surface area contributed by atoms with Crippen LogP contribution in [0.25, 0.3) is 0 Å². The Kier molecular flexibility index (Phi) is 4.62. The lowest BCUT2D eigenvalue weighted by molar-refractivity contribution is 0.248. The highest BCUT2D eigenvalue weighted by atomic mass is 32.2. The molecule has 0 unspecified atom stereocenters. The molecule has 19 heavy (non-hydrogen) atoms. The van der Waals surface area contributed by atoms with Gasteiger partial charge in [-0.05, 0) is 46.1 Å². The topological polar surface area (TPSA) is 77.2 Å². The molecule has 1 saturated heterocycles. The molecule has 3 N–H and O–H groups in total. The number of aromatic amines is 1. The minimum Gasteiger partial charge on any atom is -0.363 e. The number of H-pyrrole nitrogens is 1. The lowest BCUT2D eigenvalue weighted by Crippen LogP contribution is -2.43. The number of hydrogen-bond acceptors (Lipinski definition) is 4. The van der Waals surface area contributed by atoms with Gasteiger partial charge in [0.25, 0.3) is 0 Å². The van der Waals surface area contributed by atoms with Crippen LogP contribution >= 0.6 is 0 Å². The van der Waals surface area contributed by atoms with Gasteiger partial charge in [0.15, 0.2) is 0 Å². The predicted molar refractivity (Wildman–Crippen MR) is 74.4 cm³/mol. The summed E-state index contributed by atoms with van der Waals surface area (Å²) in [7, 11) is 0.479. The fourth-order valence-electron chi connectivity index (χ4n) is 2.28. The quantitative estimate of drug-likeness (QED) is 0.718. The minimum atomic E-state index is -3.40. The Morgan fingerprint density at radius 3 is 2.74 bits per heavy atom. The van der Waals surface area contributed by atoms with Crippen LogP contribution < -0.4 is 10.0 Å². The Morgan fingerprint density at radius 1 is 1.42 bits per heavy atom. The van der Waals surface area contributed by atoms with Crippen molar-refractivity contribution in [2.45, 2.75) is 30.3 Å². The number of piperidine rings is 1. The molecule has 0 aliphatic carbocycles. The first-order valence-corrected chi connectivity index (χ1v) is 8.02. The van der Waals surface area contributed by atoms with E-state index in [0.29, 0.717) is 11.4 Å². The lowest BCUT2D eigenvalue weighted by atomic mass is 10.1. The van der Waals surface area contributed by atoms with Gasteiger partial charge in [-0.3, -0.25) is 0 Å². The average Bonchev–Trinajstić information content (AvgIpc) is 2.82. The van der Waals surface area contributed by atoms with Crippen molar-refractivity contribution >= 4 is 10.0 Å². The van der Waals surface area contributed by atoms with Crippen molar-refractivity contribution in [2.24, 2.45) is 0 Å². The summed E-state index contributed by atoms with van der Waals surface area (Å²) in [6.07, 6.45) is 3.27. The summed E-state index contributed by atoms with van der Waals surface area (Å²) in [4.78, 5) is 5.50. The number of aromatic nitrogens is 1. The first-order chi connectivity index (χ1) is 9.01. The summed E-state index contributed by atoms with van der Waals surface area (Å²) in [5.41, 5.74) is 0.867. The molecule has 1 fully saturated rings. The van der Waals surface area contributed by atoms with Crippen molar-refractivity contribution in [3.63, 3.8) is 0 Å². The first kappa shape index (κ1) is 14.5. The van der Waals surface area contributed by atoms with Crippen molar-refractivity contribution in [1.82, 2.24) is 19.9 Å². The maximum Gasteiger partial charge on any atom is 0.242 e. The molecule has 1 aromatic rings. The summed E-state index contributed by atoms with van der Waals surface area (Å²) in [6.45, 7) is 2.50. The van der Waals surface area contributed by atoms with Gasteiger partial charge < -0.3 is 15.2 Å². The molecule has 2 heterocycles. The van der Waals surface area contributed by atoms with E-state index in [1.54, 1.807) is 12.3 Å². The minimum absolute atomic E-state index is 0.0452. The summed E-state index contributed by atoms with van der Waals surface area (Å²) >= 11 is 0. The second-order valence-corrected chi connectivity index (χ2v) is 6.80.